The highest BCUT2D eigenvalue weighted by Crippen LogP contribution is 2.26. The number of hydrogen-bond acceptors (Lipinski definition) is 8. The second-order valence-electron chi connectivity index (χ2n) is 6.35. The Morgan fingerprint density at radius 2 is 1.74 bits per heavy atom. The van der Waals surface area contributed by atoms with Crippen molar-refractivity contribution in [1.29, 1.82) is 0 Å². The second-order valence-corrected chi connectivity index (χ2v) is 7.89. The summed E-state index contributed by atoms with van der Waals surface area (Å²) in [6, 6.07) is 0. The Morgan fingerprint density at radius 1 is 1.13 bits per heavy atom. The van der Waals surface area contributed by atoms with E-state index >= 15 is 0 Å². The van der Waals surface area contributed by atoms with Gasteiger partial charge in [0.25, 0.3) is 0 Å². The Labute approximate surface area is 179 Å². The highest BCUT2D eigenvalue weighted by atomic mass is 32.2. The minimum atomic E-state index is -5.88. The van der Waals surface area contributed by atoms with Crippen molar-refractivity contribution >= 4 is 22.1 Å². The van der Waals surface area contributed by atoms with Gasteiger partial charge >= 0.3 is 27.6 Å². The molecular formula is C19H25F3O8S. The summed E-state index contributed by atoms with van der Waals surface area (Å²) in [5, 5.41) is 0. The average Bonchev–Trinajstić information content (AvgIpc) is 2.60. The van der Waals surface area contributed by atoms with E-state index in [0.717, 1.165) is 6.08 Å². The van der Waals surface area contributed by atoms with E-state index in [-0.39, 0.29) is 19.4 Å². The Balaban J connectivity index is 5.16. The summed E-state index contributed by atoms with van der Waals surface area (Å²) in [6.07, 6.45) is 7.42. The lowest BCUT2D eigenvalue weighted by Crippen LogP contribution is -2.28. The minimum Gasteiger partial charge on any atom is -0.463 e. The van der Waals surface area contributed by atoms with Crippen LogP contribution in [0.1, 0.15) is 40.5 Å². The van der Waals surface area contributed by atoms with Crippen LogP contribution in [0.2, 0.25) is 0 Å². The number of ether oxygens (including phenoxy) is 3. The molecule has 0 amide bonds. The predicted molar refractivity (Wildman–Crippen MR) is 104 cm³/mol. The van der Waals surface area contributed by atoms with Crippen molar-refractivity contribution in [3.05, 3.63) is 24.0 Å². The quantitative estimate of drug-likeness (QED) is 0.107. The first-order valence-corrected chi connectivity index (χ1v) is 10.4. The van der Waals surface area contributed by atoms with Gasteiger partial charge in [0.1, 0.15) is 12.7 Å². The summed E-state index contributed by atoms with van der Waals surface area (Å²) in [7, 11) is -5.88. The fourth-order valence-electron chi connectivity index (χ4n) is 2.16. The monoisotopic (exact) mass is 470 g/mol. The number of alkyl halides is 3. The molecule has 31 heavy (non-hydrogen) atoms. The first-order valence-electron chi connectivity index (χ1n) is 8.98. The zero-order valence-corrected chi connectivity index (χ0v) is 18.3. The maximum atomic E-state index is 12.4. The van der Waals surface area contributed by atoms with Crippen LogP contribution in [-0.4, -0.2) is 50.8 Å². The van der Waals surface area contributed by atoms with E-state index in [9.17, 15) is 31.2 Å². The molecule has 0 fully saturated rings. The molecular weight excluding hydrogens is 445 g/mol. The molecule has 0 radical (unpaired) electrons. The van der Waals surface area contributed by atoms with Gasteiger partial charge in [-0.1, -0.05) is 12.2 Å². The minimum absolute atomic E-state index is 0.0121. The normalized spacial score (nSPS) is 15.6. The molecule has 3 unspecified atom stereocenters. The van der Waals surface area contributed by atoms with Crippen molar-refractivity contribution in [3.8, 4) is 12.3 Å². The first kappa shape index (κ1) is 28.5. The number of carbonyl (C=O) groups is 2. The summed E-state index contributed by atoms with van der Waals surface area (Å²) in [5.74, 6) is -0.128. The average molecular weight is 470 g/mol. The van der Waals surface area contributed by atoms with E-state index in [0.29, 0.717) is 0 Å². The number of halogens is 3. The van der Waals surface area contributed by atoms with Crippen LogP contribution in [0.3, 0.4) is 0 Å². The lowest BCUT2D eigenvalue weighted by atomic mass is 10.1. The summed E-state index contributed by atoms with van der Waals surface area (Å²) < 4.78 is 78.6. The van der Waals surface area contributed by atoms with Crippen molar-refractivity contribution in [2.75, 3.05) is 6.61 Å². The Morgan fingerprint density at radius 3 is 2.23 bits per heavy atom. The Bertz CT molecular complexity index is 809. The molecule has 0 aliphatic carbocycles. The van der Waals surface area contributed by atoms with Crippen LogP contribution in [-0.2, 0) is 38.1 Å². The summed E-state index contributed by atoms with van der Waals surface area (Å²) in [6.45, 7) is 5.78. The van der Waals surface area contributed by atoms with Gasteiger partial charge in [0, 0.05) is 20.3 Å². The van der Waals surface area contributed by atoms with Gasteiger partial charge in [0.2, 0.25) is 0 Å². The molecule has 0 saturated carbocycles. The summed E-state index contributed by atoms with van der Waals surface area (Å²) >= 11 is 0. The van der Waals surface area contributed by atoms with Crippen molar-refractivity contribution in [1.82, 2.24) is 0 Å². The number of hydrogen-bond donors (Lipinski definition) is 0. The molecule has 0 bridgehead atoms. The van der Waals surface area contributed by atoms with Crippen molar-refractivity contribution in [3.63, 3.8) is 0 Å². The van der Waals surface area contributed by atoms with Crippen molar-refractivity contribution < 1.29 is 49.6 Å². The van der Waals surface area contributed by atoms with Crippen LogP contribution in [0.15, 0.2) is 24.0 Å². The molecule has 0 aliphatic rings. The van der Waals surface area contributed by atoms with E-state index in [1.54, 1.807) is 19.8 Å². The van der Waals surface area contributed by atoms with Crippen molar-refractivity contribution in [2.24, 2.45) is 0 Å². The highest BCUT2D eigenvalue weighted by Gasteiger charge is 2.48. The third kappa shape index (κ3) is 12.7. The lowest BCUT2D eigenvalue weighted by Gasteiger charge is -2.24. The van der Waals surface area contributed by atoms with E-state index in [1.165, 1.54) is 26.0 Å². The fourth-order valence-corrected chi connectivity index (χ4v) is 2.60. The molecule has 0 spiro atoms. The smallest absolute Gasteiger partial charge is 0.463 e. The number of carbonyl (C=O) groups excluding carboxylic acids is 2. The highest BCUT2D eigenvalue weighted by molar-refractivity contribution is 7.87. The van der Waals surface area contributed by atoms with Gasteiger partial charge < -0.3 is 18.4 Å². The topological polar surface area (TPSA) is 105 Å². The number of esters is 2. The molecule has 0 aromatic carbocycles. The molecule has 0 aliphatic heterocycles. The van der Waals surface area contributed by atoms with Gasteiger partial charge in [-0.3, -0.25) is 9.59 Å². The van der Waals surface area contributed by atoms with E-state index < -0.39 is 51.6 Å². The molecule has 0 rings (SSSR count). The van der Waals surface area contributed by atoms with Gasteiger partial charge in [-0.25, -0.2) is 0 Å². The van der Waals surface area contributed by atoms with Gasteiger partial charge in [-0.05, 0) is 32.3 Å². The second kappa shape index (κ2) is 13.0. The predicted octanol–water partition coefficient (Wildman–Crippen LogP) is 2.99. The van der Waals surface area contributed by atoms with E-state index in [4.69, 9.17) is 20.6 Å². The molecule has 0 aromatic heterocycles. The zero-order valence-electron chi connectivity index (χ0n) is 17.5. The SMILES string of the molecule is C#C/C(=C\C=C/CC(CC(C)OC(C)=O)OC(C)COC(C)=O)OS(=O)(=O)C(F)(F)F. The van der Waals surface area contributed by atoms with Crippen LogP contribution < -0.4 is 0 Å². The van der Waals surface area contributed by atoms with Crippen molar-refractivity contribution in [2.45, 2.75) is 64.4 Å². The molecule has 0 heterocycles. The van der Waals surface area contributed by atoms with Crippen LogP contribution in [0.5, 0.6) is 0 Å². The lowest BCUT2D eigenvalue weighted by molar-refractivity contribution is -0.151. The van der Waals surface area contributed by atoms with Crippen LogP contribution in [0.4, 0.5) is 13.2 Å². The van der Waals surface area contributed by atoms with E-state index in [1.807, 2.05) is 0 Å². The maximum absolute atomic E-state index is 12.4. The van der Waals surface area contributed by atoms with Crippen LogP contribution in [0, 0.1) is 12.3 Å². The summed E-state index contributed by atoms with van der Waals surface area (Å²) in [5.41, 5.74) is -5.61. The van der Waals surface area contributed by atoms with Crippen LogP contribution in [0.25, 0.3) is 0 Å². The summed E-state index contributed by atoms with van der Waals surface area (Å²) in [4.78, 5) is 22.0. The molecule has 0 N–H and O–H groups in total. The molecule has 8 nitrogen and oxygen atoms in total. The fraction of sp³-hybridized carbons (Fsp3) is 0.579. The van der Waals surface area contributed by atoms with Crippen LogP contribution >= 0.6 is 0 Å². The van der Waals surface area contributed by atoms with E-state index in [2.05, 4.69) is 4.18 Å². The van der Waals surface area contributed by atoms with Gasteiger partial charge in [-0.2, -0.15) is 21.6 Å². The number of allylic oxidation sites excluding steroid dienone is 3. The maximum Gasteiger partial charge on any atom is 0.534 e. The molecule has 0 saturated heterocycles. The Hall–Kier alpha value is -2.52. The molecule has 0 aromatic rings. The number of terminal acetylenes is 1. The third-order valence-electron chi connectivity index (χ3n) is 3.32. The standard InChI is InChI=1S/C19H25F3O8S/c1-6-17(30-31(25,26)19(20,21)22)9-7-8-10-18(11-13(2)28-16(5)24)29-14(3)12-27-15(4)23/h1,7-9,13-14,18H,10-12H2,2-5H3/b8-7-,17-9+. The molecule has 12 heteroatoms. The van der Waals surface area contributed by atoms with Gasteiger partial charge in [-0.15, -0.1) is 6.42 Å². The molecule has 3 atom stereocenters. The molecule has 176 valence electrons. The third-order valence-corrected chi connectivity index (χ3v) is 4.28. The van der Waals surface area contributed by atoms with Gasteiger partial charge in [0.05, 0.1) is 12.2 Å². The van der Waals surface area contributed by atoms with Gasteiger partial charge in [0.15, 0.2) is 5.76 Å². The Kier molecular flexibility index (Phi) is 12.0. The largest absolute Gasteiger partial charge is 0.534 e. The first-order chi connectivity index (χ1) is 14.2. The zero-order chi connectivity index (χ0) is 24.2. The number of rotatable bonds is 12.